The minimum Gasteiger partial charge on any atom is -0.395 e. The third-order valence-corrected chi connectivity index (χ3v) is 4.50. The number of aliphatic hydroxyl groups excluding tert-OH is 1. The number of carbonyl (C=O) groups is 2. The van der Waals surface area contributed by atoms with Crippen molar-refractivity contribution >= 4 is 11.8 Å². The smallest absolute Gasteiger partial charge is 0.228 e. The normalized spacial score (nSPS) is 22.7. The van der Waals surface area contributed by atoms with Gasteiger partial charge in [0.1, 0.15) is 0 Å². The van der Waals surface area contributed by atoms with Gasteiger partial charge in [-0.1, -0.05) is 13.8 Å². The van der Waals surface area contributed by atoms with E-state index < -0.39 is 0 Å². The van der Waals surface area contributed by atoms with Gasteiger partial charge < -0.3 is 14.9 Å². The van der Waals surface area contributed by atoms with Gasteiger partial charge in [0.15, 0.2) is 0 Å². The lowest BCUT2D eigenvalue weighted by Crippen LogP contribution is -2.45. The van der Waals surface area contributed by atoms with Crippen LogP contribution >= 0.6 is 0 Å². The fourth-order valence-electron chi connectivity index (χ4n) is 3.18. The van der Waals surface area contributed by atoms with Crippen LogP contribution in [0.1, 0.15) is 46.0 Å². The summed E-state index contributed by atoms with van der Waals surface area (Å²) in [6, 6.07) is 0.555. The minimum atomic E-state index is -0.213. The van der Waals surface area contributed by atoms with Crippen LogP contribution in [0.25, 0.3) is 0 Å². The molecule has 1 saturated heterocycles. The van der Waals surface area contributed by atoms with E-state index in [0.717, 1.165) is 25.7 Å². The zero-order chi connectivity index (χ0) is 14.7. The number of rotatable bonds is 7. The second kappa shape index (κ2) is 6.57. The molecule has 1 heterocycles. The van der Waals surface area contributed by atoms with Gasteiger partial charge in [-0.2, -0.15) is 0 Å². The van der Waals surface area contributed by atoms with E-state index in [4.69, 9.17) is 0 Å². The Hall–Kier alpha value is -1.10. The summed E-state index contributed by atoms with van der Waals surface area (Å²) in [5.41, 5.74) is 0. The fraction of sp³-hybridized carbons (Fsp3) is 0.867. The molecular formula is C15H26N2O3. The first-order valence-electron chi connectivity index (χ1n) is 7.83. The van der Waals surface area contributed by atoms with Crippen LogP contribution in [0.3, 0.4) is 0 Å². The zero-order valence-corrected chi connectivity index (χ0v) is 12.5. The van der Waals surface area contributed by atoms with E-state index in [0.29, 0.717) is 25.6 Å². The summed E-state index contributed by atoms with van der Waals surface area (Å²) in [4.78, 5) is 28.3. The number of hydrogen-bond donors (Lipinski definition) is 1. The van der Waals surface area contributed by atoms with Crippen molar-refractivity contribution in [2.45, 2.75) is 58.0 Å². The quantitative estimate of drug-likeness (QED) is 0.758. The van der Waals surface area contributed by atoms with Crippen molar-refractivity contribution in [3.8, 4) is 0 Å². The van der Waals surface area contributed by atoms with Gasteiger partial charge in [0.2, 0.25) is 11.8 Å². The van der Waals surface area contributed by atoms with Crippen molar-refractivity contribution in [3.05, 3.63) is 0 Å². The molecule has 1 atom stereocenters. The number of nitrogens with zero attached hydrogens (tertiary/aromatic N) is 2. The SMILES string of the molecule is CCC(CC)N(CCO)C(=O)C1CC(=O)N(C2CC2)C1. The van der Waals surface area contributed by atoms with Crippen molar-refractivity contribution in [2.75, 3.05) is 19.7 Å². The van der Waals surface area contributed by atoms with Crippen molar-refractivity contribution < 1.29 is 14.7 Å². The molecule has 2 amide bonds. The Labute approximate surface area is 120 Å². The largest absolute Gasteiger partial charge is 0.395 e. The van der Waals surface area contributed by atoms with E-state index in [-0.39, 0.29) is 30.4 Å². The Bertz CT molecular complexity index is 364. The van der Waals surface area contributed by atoms with E-state index in [1.54, 1.807) is 4.90 Å². The maximum absolute atomic E-state index is 12.7. The molecule has 1 saturated carbocycles. The molecular weight excluding hydrogens is 256 g/mol. The first-order chi connectivity index (χ1) is 9.62. The van der Waals surface area contributed by atoms with E-state index >= 15 is 0 Å². The van der Waals surface area contributed by atoms with Gasteiger partial charge in [-0.15, -0.1) is 0 Å². The lowest BCUT2D eigenvalue weighted by atomic mass is 10.0. The van der Waals surface area contributed by atoms with E-state index in [1.807, 2.05) is 4.90 Å². The molecule has 5 heteroatoms. The highest BCUT2D eigenvalue weighted by Gasteiger charge is 2.43. The van der Waals surface area contributed by atoms with Crippen LogP contribution in [0.2, 0.25) is 0 Å². The molecule has 2 aliphatic rings. The van der Waals surface area contributed by atoms with Gasteiger partial charge in [0.25, 0.3) is 0 Å². The Kier molecular flexibility index (Phi) is 5.02. The Morgan fingerprint density at radius 3 is 2.55 bits per heavy atom. The third kappa shape index (κ3) is 3.14. The van der Waals surface area contributed by atoms with Crippen LogP contribution in [0.15, 0.2) is 0 Å². The molecule has 1 aliphatic carbocycles. The van der Waals surface area contributed by atoms with Crippen LogP contribution in [-0.4, -0.2) is 58.5 Å². The van der Waals surface area contributed by atoms with Crippen molar-refractivity contribution in [3.63, 3.8) is 0 Å². The third-order valence-electron chi connectivity index (χ3n) is 4.50. The Morgan fingerprint density at radius 2 is 2.05 bits per heavy atom. The number of hydrogen-bond acceptors (Lipinski definition) is 3. The molecule has 2 rings (SSSR count). The zero-order valence-electron chi connectivity index (χ0n) is 12.5. The summed E-state index contributed by atoms with van der Waals surface area (Å²) in [6.45, 7) is 5.04. The monoisotopic (exact) mass is 282 g/mol. The highest BCUT2D eigenvalue weighted by atomic mass is 16.3. The molecule has 0 spiro atoms. The van der Waals surface area contributed by atoms with Crippen molar-refractivity contribution in [1.29, 1.82) is 0 Å². The lowest BCUT2D eigenvalue weighted by molar-refractivity contribution is -0.138. The first kappa shape index (κ1) is 15.3. The van der Waals surface area contributed by atoms with Crippen LogP contribution in [0.4, 0.5) is 0 Å². The second-order valence-electron chi connectivity index (χ2n) is 5.90. The van der Waals surface area contributed by atoms with Crippen LogP contribution < -0.4 is 0 Å². The second-order valence-corrected chi connectivity index (χ2v) is 5.90. The molecule has 0 aromatic heterocycles. The van der Waals surface area contributed by atoms with Gasteiger partial charge in [0, 0.05) is 31.6 Å². The summed E-state index contributed by atoms with van der Waals surface area (Å²) in [5.74, 6) is -0.0427. The van der Waals surface area contributed by atoms with E-state index in [9.17, 15) is 14.7 Å². The highest BCUT2D eigenvalue weighted by Crippen LogP contribution is 2.33. The molecule has 114 valence electrons. The predicted octanol–water partition coefficient (Wildman–Crippen LogP) is 1.01. The summed E-state index contributed by atoms with van der Waals surface area (Å²) in [6.07, 6.45) is 4.28. The molecule has 1 N–H and O–H groups in total. The minimum absolute atomic E-state index is 0.0186. The summed E-state index contributed by atoms with van der Waals surface area (Å²) in [5, 5.41) is 9.20. The Morgan fingerprint density at radius 1 is 1.40 bits per heavy atom. The molecule has 1 aliphatic heterocycles. The van der Waals surface area contributed by atoms with E-state index in [1.165, 1.54) is 0 Å². The highest BCUT2D eigenvalue weighted by molar-refractivity contribution is 5.89. The van der Waals surface area contributed by atoms with Gasteiger partial charge >= 0.3 is 0 Å². The molecule has 0 radical (unpaired) electrons. The maximum Gasteiger partial charge on any atom is 0.228 e. The standard InChI is InChI=1S/C15H26N2O3/c1-3-12(4-2)16(7-8-18)15(20)11-9-14(19)17(10-11)13-5-6-13/h11-13,18H,3-10H2,1-2H3. The lowest BCUT2D eigenvalue weighted by Gasteiger charge is -2.32. The van der Waals surface area contributed by atoms with Gasteiger partial charge in [-0.25, -0.2) is 0 Å². The predicted molar refractivity (Wildman–Crippen MR) is 76.0 cm³/mol. The van der Waals surface area contributed by atoms with Gasteiger partial charge in [-0.3, -0.25) is 9.59 Å². The molecule has 1 unspecified atom stereocenters. The van der Waals surface area contributed by atoms with E-state index in [2.05, 4.69) is 13.8 Å². The van der Waals surface area contributed by atoms with Gasteiger partial charge in [0.05, 0.1) is 12.5 Å². The summed E-state index contributed by atoms with van der Waals surface area (Å²) >= 11 is 0. The number of amides is 2. The van der Waals surface area contributed by atoms with Gasteiger partial charge in [-0.05, 0) is 25.7 Å². The van der Waals surface area contributed by atoms with Crippen LogP contribution in [0, 0.1) is 5.92 Å². The summed E-state index contributed by atoms with van der Waals surface area (Å²) in [7, 11) is 0. The average Bonchev–Trinajstić information content (AvgIpc) is 3.21. The molecule has 0 aromatic rings. The van der Waals surface area contributed by atoms with Crippen molar-refractivity contribution in [1.82, 2.24) is 9.80 Å². The molecule has 5 nitrogen and oxygen atoms in total. The van der Waals surface area contributed by atoms with Crippen molar-refractivity contribution in [2.24, 2.45) is 5.92 Å². The topological polar surface area (TPSA) is 60.9 Å². The number of likely N-dealkylation sites (tertiary alicyclic amines) is 1. The van der Waals surface area contributed by atoms with Crippen LogP contribution in [0.5, 0.6) is 0 Å². The molecule has 0 aromatic carbocycles. The number of aliphatic hydroxyl groups is 1. The fourth-order valence-corrected chi connectivity index (χ4v) is 3.18. The molecule has 0 bridgehead atoms. The number of carbonyl (C=O) groups excluding carboxylic acids is 2. The molecule has 20 heavy (non-hydrogen) atoms. The molecule has 2 fully saturated rings. The first-order valence-corrected chi connectivity index (χ1v) is 7.83. The maximum atomic E-state index is 12.7. The Balaban J connectivity index is 2.02. The van der Waals surface area contributed by atoms with Crippen LogP contribution in [-0.2, 0) is 9.59 Å². The average molecular weight is 282 g/mol. The summed E-state index contributed by atoms with van der Waals surface area (Å²) < 4.78 is 0.